The Hall–Kier alpha value is -1.16. The summed E-state index contributed by atoms with van der Waals surface area (Å²) in [7, 11) is 0. The van der Waals surface area contributed by atoms with E-state index in [1.165, 1.54) is 6.07 Å². The molecule has 1 aromatic carbocycles. The number of alkyl halides is 1. The number of rotatable bonds is 2. The van der Waals surface area contributed by atoms with Crippen LogP contribution < -0.4 is 0 Å². The summed E-state index contributed by atoms with van der Waals surface area (Å²) in [6.07, 6.45) is 0. The van der Waals surface area contributed by atoms with Gasteiger partial charge in [-0.25, -0.2) is 13.8 Å². The van der Waals surface area contributed by atoms with Crippen LogP contribution in [0.5, 0.6) is 0 Å². The fourth-order valence-corrected chi connectivity index (χ4v) is 2.28. The van der Waals surface area contributed by atoms with E-state index in [2.05, 4.69) is 25.8 Å². The molecule has 19 heavy (non-hydrogen) atoms. The zero-order valence-corrected chi connectivity index (χ0v) is 12.2. The molecule has 2 rings (SSSR count). The van der Waals surface area contributed by atoms with E-state index in [1.54, 1.807) is 11.5 Å². The van der Waals surface area contributed by atoms with E-state index in [9.17, 15) is 8.78 Å². The van der Waals surface area contributed by atoms with E-state index in [0.29, 0.717) is 17.9 Å². The number of fused-ring (bicyclic) bond motifs is 1. The van der Waals surface area contributed by atoms with Crippen LogP contribution in [0.1, 0.15) is 38.9 Å². The molecule has 5 heteroatoms. The van der Waals surface area contributed by atoms with Crippen LogP contribution in [0.15, 0.2) is 12.1 Å². The van der Waals surface area contributed by atoms with E-state index in [4.69, 9.17) is 11.6 Å². The Balaban J connectivity index is 2.73. The lowest BCUT2D eigenvalue weighted by atomic mass is 9.96. The monoisotopic (exact) mass is 286 g/mol. The number of benzene rings is 1. The predicted molar refractivity (Wildman–Crippen MR) is 73.4 cm³/mol. The number of hydrogen-bond acceptors (Lipinski definition) is 1. The van der Waals surface area contributed by atoms with Crippen LogP contribution in [0, 0.1) is 17.0 Å². The maximum Gasteiger partial charge on any atom is 0.153 e. The summed E-state index contributed by atoms with van der Waals surface area (Å²) in [4.78, 5) is 4.23. The maximum atomic E-state index is 13.8. The Morgan fingerprint density at radius 1 is 1.32 bits per heavy atom. The lowest BCUT2D eigenvalue weighted by Crippen LogP contribution is -2.17. The van der Waals surface area contributed by atoms with Crippen molar-refractivity contribution < 1.29 is 8.78 Å². The minimum absolute atomic E-state index is 0.0447. The minimum atomic E-state index is -0.652. The number of nitrogens with zero attached hydrogens (tertiary/aromatic N) is 2. The van der Waals surface area contributed by atoms with Crippen molar-refractivity contribution in [2.75, 3.05) is 0 Å². The third kappa shape index (κ3) is 2.89. The van der Waals surface area contributed by atoms with Crippen molar-refractivity contribution in [1.82, 2.24) is 9.55 Å². The minimum Gasteiger partial charge on any atom is -0.326 e. The van der Waals surface area contributed by atoms with Gasteiger partial charge in [0, 0.05) is 12.6 Å². The van der Waals surface area contributed by atoms with Gasteiger partial charge in [-0.05, 0) is 18.4 Å². The van der Waals surface area contributed by atoms with Gasteiger partial charge < -0.3 is 4.57 Å². The molecule has 0 bridgehead atoms. The van der Waals surface area contributed by atoms with Gasteiger partial charge in [0.05, 0.1) is 10.9 Å². The average Bonchev–Trinajstić information content (AvgIpc) is 2.55. The molecule has 0 amide bonds. The number of halogens is 3. The highest BCUT2D eigenvalue weighted by atomic mass is 35.5. The van der Waals surface area contributed by atoms with Gasteiger partial charge in [-0.1, -0.05) is 20.8 Å². The molecule has 1 aromatic heterocycles. The molecule has 0 saturated heterocycles. The second kappa shape index (κ2) is 4.75. The molecule has 0 spiro atoms. The lowest BCUT2D eigenvalue weighted by molar-refractivity contribution is 0.343. The third-order valence-electron chi connectivity index (χ3n) is 2.79. The standard InChI is InChI=1S/C14H17ClF2N2/c1-8(15)13-18-12-10(17)5-9(16)6-11(12)19(13)7-14(2,3)4/h5-6,8H,7H2,1-4H3. The van der Waals surface area contributed by atoms with Gasteiger partial charge in [0.15, 0.2) is 5.82 Å². The van der Waals surface area contributed by atoms with Crippen molar-refractivity contribution in [3.63, 3.8) is 0 Å². The Kier molecular flexibility index (Phi) is 3.56. The second-order valence-corrected chi connectivity index (χ2v) is 6.64. The molecule has 1 atom stereocenters. The summed E-state index contributed by atoms with van der Waals surface area (Å²) < 4.78 is 29.0. The van der Waals surface area contributed by atoms with Crippen molar-refractivity contribution in [3.05, 3.63) is 29.6 Å². The van der Waals surface area contributed by atoms with Crippen molar-refractivity contribution in [1.29, 1.82) is 0 Å². The van der Waals surface area contributed by atoms with Crippen LogP contribution in [0.3, 0.4) is 0 Å². The van der Waals surface area contributed by atoms with Gasteiger partial charge >= 0.3 is 0 Å². The molecule has 0 fully saturated rings. The van der Waals surface area contributed by atoms with E-state index in [-0.39, 0.29) is 16.3 Å². The highest BCUT2D eigenvalue weighted by Crippen LogP contribution is 2.30. The van der Waals surface area contributed by atoms with Crippen molar-refractivity contribution in [2.45, 2.75) is 39.6 Å². The topological polar surface area (TPSA) is 17.8 Å². The Bertz CT molecular complexity index is 612. The van der Waals surface area contributed by atoms with Gasteiger partial charge in [-0.3, -0.25) is 0 Å². The molecule has 0 N–H and O–H groups in total. The van der Waals surface area contributed by atoms with Crippen LogP contribution in [0.2, 0.25) is 0 Å². The third-order valence-corrected chi connectivity index (χ3v) is 2.99. The smallest absolute Gasteiger partial charge is 0.153 e. The van der Waals surface area contributed by atoms with Crippen LogP contribution in [-0.2, 0) is 6.54 Å². The van der Waals surface area contributed by atoms with E-state index in [1.807, 2.05) is 0 Å². The molecule has 0 saturated carbocycles. The van der Waals surface area contributed by atoms with Gasteiger partial charge in [0.25, 0.3) is 0 Å². The first-order valence-corrected chi connectivity index (χ1v) is 6.62. The fraction of sp³-hybridized carbons (Fsp3) is 0.500. The number of imidazole rings is 1. The van der Waals surface area contributed by atoms with Crippen molar-refractivity contribution in [2.24, 2.45) is 5.41 Å². The first-order valence-electron chi connectivity index (χ1n) is 6.18. The maximum absolute atomic E-state index is 13.8. The number of aromatic nitrogens is 2. The second-order valence-electron chi connectivity index (χ2n) is 5.99. The van der Waals surface area contributed by atoms with Gasteiger partial charge in [0.2, 0.25) is 0 Å². The van der Waals surface area contributed by atoms with Gasteiger partial charge in [0.1, 0.15) is 17.2 Å². The van der Waals surface area contributed by atoms with Crippen LogP contribution >= 0.6 is 11.6 Å². The first-order chi connectivity index (χ1) is 8.69. The van der Waals surface area contributed by atoms with Crippen molar-refractivity contribution >= 4 is 22.6 Å². The molecule has 0 aliphatic heterocycles. The summed E-state index contributed by atoms with van der Waals surface area (Å²) in [5.41, 5.74) is 0.583. The highest BCUT2D eigenvalue weighted by molar-refractivity contribution is 6.20. The quantitative estimate of drug-likeness (QED) is 0.734. The molecule has 2 nitrogen and oxygen atoms in total. The summed E-state index contributed by atoms with van der Waals surface area (Å²) in [5.74, 6) is -0.689. The Labute approximate surface area is 116 Å². The van der Waals surface area contributed by atoms with Crippen molar-refractivity contribution in [3.8, 4) is 0 Å². The highest BCUT2D eigenvalue weighted by Gasteiger charge is 2.22. The van der Waals surface area contributed by atoms with E-state index >= 15 is 0 Å². The molecular weight excluding hydrogens is 270 g/mol. The molecule has 0 aliphatic carbocycles. The lowest BCUT2D eigenvalue weighted by Gasteiger charge is -2.21. The van der Waals surface area contributed by atoms with Gasteiger partial charge in [-0.15, -0.1) is 11.6 Å². The van der Waals surface area contributed by atoms with E-state index < -0.39 is 11.6 Å². The Morgan fingerprint density at radius 3 is 2.47 bits per heavy atom. The van der Waals surface area contributed by atoms with Crippen LogP contribution in [0.4, 0.5) is 8.78 Å². The van der Waals surface area contributed by atoms with Gasteiger partial charge in [-0.2, -0.15) is 0 Å². The molecule has 2 aromatic rings. The zero-order valence-electron chi connectivity index (χ0n) is 11.5. The summed E-state index contributed by atoms with van der Waals surface area (Å²) in [5, 5.41) is -0.364. The summed E-state index contributed by atoms with van der Waals surface area (Å²) >= 11 is 6.10. The molecule has 104 valence electrons. The summed E-state index contributed by atoms with van der Waals surface area (Å²) in [6.45, 7) is 8.53. The molecule has 1 unspecified atom stereocenters. The summed E-state index contributed by atoms with van der Waals surface area (Å²) in [6, 6.07) is 2.15. The largest absolute Gasteiger partial charge is 0.326 e. The average molecular weight is 287 g/mol. The molecule has 1 heterocycles. The molecule has 0 radical (unpaired) electrons. The Morgan fingerprint density at radius 2 is 1.95 bits per heavy atom. The van der Waals surface area contributed by atoms with E-state index in [0.717, 1.165) is 6.07 Å². The predicted octanol–water partition coefficient (Wildman–Crippen LogP) is 4.66. The zero-order chi connectivity index (χ0) is 14.4. The SMILES string of the molecule is CC(Cl)c1nc2c(F)cc(F)cc2n1CC(C)(C)C. The van der Waals surface area contributed by atoms with Crippen LogP contribution in [-0.4, -0.2) is 9.55 Å². The molecular formula is C14H17ClF2N2. The first kappa shape index (κ1) is 14.3. The number of hydrogen-bond donors (Lipinski definition) is 0. The molecule has 0 aliphatic rings. The normalized spacial score (nSPS) is 14.1. The van der Waals surface area contributed by atoms with Crippen LogP contribution in [0.25, 0.3) is 11.0 Å². The fourth-order valence-electron chi connectivity index (χ4n) is 2.11.